The molecule has 0 saturated carbocycles. The average Bonchev–Trinajstić information content (AvgIpc) is 3.29. The number of aliphatic hydroxyl groups excluding tert-OH is 1. The Kier molecular flexibility index (Phi) is 5.90. The fourth-order valence-corrected chi connectivity index (χ4v) is 3.84. The Bertz CT molecular complexity index is 1130. The van der Waals surface area contributed by atoms with E-state index in [1.54, 1.807) is 49.1 Å². The number of ether oxygens (including phenoxy) is 2. The first-order chi connectivity index (χ1) is 14.7. The Labute approximate surface area is 179 Å². The number of hydrogen-bond donors (Lipinski definition) is 2. The SMILES string of the molecule is C[C@@H]1C(O)[C@H](n2cnc3c(NC(=O)c4ccccc4)ncnc32)O[C@@H]1OCP(C)(C)=O. The number of nitrogens with zero attached hydrogens (tertiary/aromatic N) is 4. The molecule has 2 N–H and O–H groups in total. The summed E-state index contributed by atoms with van der Waals surface area (Å²) < 4.78 is 25.1. The summed E-state index contributed by atoms with van der Waals surface area (Å²) in [5.41, 5.74) is 1.25. The van der Waals surface area contributed by atoms with Crippen molar-refractivity contribution in [1.82, 2.24) is 19.5 Å². The highest BCUT2D eigenvalue weighted by atomic mass is 31.2. The predicted molar refractivity (Wildman–Crippen MR) is 114 cm³/mol. The second-order valence-electron chi connectivity index (χ2n) is 7.98. The molecule has 4 atom stereocenters. The minimum atomic E-state index is -2.39. The summed E-state index contributed by atoms with van der Waals surface area (Å²) in [6, 6.07) is 8.76. The van der Waals surface area contributed by atoms with E-state index in [4.69, 9.17) is 9.47 Å². The summed E-state index contributed by atoms with van der Waals surface area (Å²) in [6.45, 7) is 5.06. The third-order valence-electron chi connectivity index (χ3n) is 4.98. The average molecular weight is 445 g/mol. The van der Waals surface area contributed by atoms with E-state index in [1.807, 2.05) is 6.07 Å². The maximum atomic E-state index is 12.5. The molecule has 3 aromatic rings. The van der Waals surface area contributed by atoms with E-state index in [0.717, 1.165) is 0 Å². The van der Waals surface area contributed by atoms with Gasteiger partial charge in [-0.15, -0.1) is 0 Å². The van der Waals surface area contributed by atoms with E-state index < -0.39 is 25.8 Å². The molecule has 1 aromatic carbocycles. The zero-order valence-corrected chi connectivity index (χ0v) is 18.3. The summed E-state index contributed by atoms with van der Waals surface area (Å²) in [6.07, 6.45) is 0.433. The summed E-state index contributed by atoms with van der Waals surface area (Å²) in [7, 11) is -2.39. The van der Waals surface area contributed by atoms with E-state index in [0.29, 0.717) is 16.7 Å². The van der Waals surface area contributed by atoms with Crippen LogP contribution in [0, 0.1) is 5.92 Å². The molecular formula is C20H24N5O5P. The maximum absolute atomic E-state index is 12.5. The Morgan fingerprint density at radius 3 is 2.71 bits per heavy atom. The number of carbonyl (C=O) groups is 1. The minimum Gasteiger partial charge on any atom is -0.388 e. The van der Waals surface area contributed by atoms with Gasteiger partial charge in [0, 0.05) is 11.5 Å². The number of anilines is 1. The fourth-order valence-electron chi connectivity index (χ4n) is 3.34. The first kappa shape index (κ1) is 21.6. The van der Waals surface area contributed by atoms with Crippen LogP contribution in [0.4, 0.5) is 5.82 Å². The van der Waals surface area contributed by atoms with Gasteiger partial charge in [-0.2, -0.15) is 0 Å². The van der Waals surface area contributed by atoms with Gasteiger partial charge >= 0.3 is 0 Å². The largest absolute Gasteiger partial charge is 0.388 e. The van der Waals surface area contributed by atoms with Crippen molar-refractivity contribution in [1.29, 1.82) is 0 Å². The Morgan fingerprint density at radius 2 is 2.00 bits per heavy atom. The monoisotopic (exact) mass is 445 g/mol. The molecule has 0 spiro atoms. The third kappa shape index (κ3) is 4.52. The van der Waals surface area contributed by atoms with Gasteiger partial charge in [-0.3, -0.25) is 9.36 Å². The van der Waals surface area contributed by atoms with Crippen LogP contribution in [0.25, 0.3) is 11.2 Å². The molecule has 1 fully saturated rings. The number of rotatable bonds is 6. The van der Waals surface area contributed by atoms with Gasteiger partial charge in [0.2, 0.25) is 0 Å². The van der Waals surface area contributed by atoms with Gasteiger partial charge in [0.15, 0.2) is 29.5 Å². The van der Waals surface area contributed by atoms with Crippen LogP contribution in [0.2, 0.25) is 0 Å². The first-order valence-corrected chi connectivity index (χ1v) is 12.6. The molecule has 1 amide bonds. The summed E-state index contributed by atoms with van der Waals surface area (Å²) in [4.78, 5) is 25.2. The van der Waals surface area contributed by atoms with Crippen LogP contribution < -0.4 is 5.32 Å². The van der Waals surface area contributed by atoms with Crippen LogP contribution in [-0.4, -0.2) is 62.6 Å². The molecule has 164 valence electrons. The van der Waals surface area contributed by atoms with Crippen molar-refractivity contribution in [3.05, 3.63) is 48.5 Å². The molecule has 1 aliphatic rings. The van der Waals surface area contributed by atoms with Crippen molar-refractivity contribution >= 4 is 30.0 Å². The molecule has 2 aromatic heterocycles. The lowest BCUT2D eigenvalue weighted by Crippen LogP contribution is -2.25. The van der Waals surface area contributed by atoms with Crippen LogP contribution in [0.1, 0.15) is 23.5 Å². The number of imidazole rings is 1. The van der Waals surface area contributed by atoms with Gasteiger partial charge in [0.25, 0.3) is 5.91 Å². The maximum Gasteiger partial charge on any atom is 0.256 e. The van der Waals surface area contributed by atoms with Gasteiger partial charge in [-0.1, -0.05) is 25.1 Å². The molecule has 0 bridgehead atoms. The van der Waals surface area contributed by atoms with Gasteiger partial charge in [0.05, 0.1) is 6.33 Å². The van der Waals surface area contributed by atoms with Crippen molar-refractivity contribution in [2.75, 3.05) is 25.0 Å². The van der Waals surface area contributed by atoms with Gasteiger partial charge in [0.1, 0.15) is 25.9 Å². The first-order valence-electron chi connectivity index (χ1n) is 9.77. The van der Waals surface area contributed by atoms with Crippen LogP contribution in [0.5, 0.6) is 0 Å². The van der Waals surface area contributed by atoms with Crippen molar-refractivity contribution < 1.29 is 23.9 Å². The molecule has 10 nitrogen and oxygen atoms in total. The summed E-state index contributed by atoms with van der Waals surface area (Å²) >= 11 is 0. The Balaban J connectivity index is 1.58. The van der Waals surface area contributed by atoms with Crippen molar-refractivity contribution in [3.8, 4) is 0 Å². The lowest BCUT2D eigenvalue weighted by molar-refractivity contribution is -0.152. The molecule has 4 rings (SSSR count). The lowest BCUT2D eigenvalue weighted by Gasteiger charge is -2.17. The standard InChI is InChI=1S/C20H24N5O5P/c1-12-15(26)19(30-20(12)29-11-31(2,3)28)25-10-23-14-16(21-9-22-17(14)25)24-18(27)13-7-5-4-6-8-13/h4-10,12,15,19-20,26H,11H2,1-3H3,(H,21,22,24,27)/t12-,15?,19-,20+/m1/s1. The lowest BCUT2D eigenvalue weighted by atomic mass is 10.1. The highest BCUT2D eigenvalue weighted by Crippen LogP contribution is 2.40. The Morgan fingerprint density at radius 1 is 1.26 bits per heavy atom. The number of nitrogens with one attached hydrogen (secondary N) is 1. The molecule has 0 radical (unpaired) electrons. The Hall–Kier alpha value is -2.65. The molecule has 31 heavy (non-hydrogen) atoms. The van der Waals surface area contributed by atoms with Gasteiger partial charge in [-0.05, 0) is 25.5 Å². The molecule has 0 aliphatic carbocycles. The molecule has 1 unspecified atom stereocenters. The number of amides is 1. The second kappa shape index (κ2) is 8.47. The smallest absolute Gasteiger partial charge is 0.256 e. The number of carbonyl (C=O) groups excluding carboxylic acids is 1. The van der Waals surface area contributed by atoms with Crippen molar-refractivity contribution in [3.63, 3.8) is 0 Å². The van der Waals surface area contributed by atoms with Crippen LogP contribution in [0.15, 0.2) is 43.0 Å². The van der Waals surface area contributed by atoms with Crippen LogP contribution >= 0.6 is 7.14 Å². The summed E-state index contributed by atoms with van der Waals surface area (Å²) in [5, 5.41) is 13.5. The van der Waals surface area contributed by atoms with Crippen molar-refractivity contribution in [2.24, 2.45) is 5.92 Å². The number of aliphatic hydroxyl groups is 1. The highest BCUT2D eigenvalue weighted by Gasteiger charge is 2.43. The van der Waals surface area contributed by atoms with E-state index in [9.17, 15) is 14.5 Å². The molecule has 1 saturated heterocycles. The van der Waals surface area contributed by atoms with Crippen LogP contribution in [0.3, 0.4) is 0 Å². The second-order valence-corrected chi connectivity index (χ2v) is 11.4. The van der Waals surface area contributed by atoms with E-state index in [-0.39, 0.29) is 24.0 Å². The molecule has 3 heterocycles. The molecule has 1 aliphatic heterocycles. The van der Waals surface area contributed by atoms with Crippen molar-refractivity contribution in [2.45, 2.75) is 25.5 Å². The van der Waals surface area contributed by atoms with E-state index in [2.05, 4.69) is 20.3 Å². The number of fused-ring (bicyclic) bond motifs is 1. The number of aromatic nitrogens is 4. The topological polar surface area (TPSA) is 128 Å². The highest BCUT2D eigenvalue weighted by molar-refractivity contribution is 7.62. The fraction of sp³-hybridized carbons (Fsp3) is 0.400. The molecular weight excluding hydrogens is 421 g/mol. The summed E-state index contributed by atoms with van der Waals surface area (Å²) in [5.74, 6) is -0.421. The zero-order chi connectivity index (χ0) is 22.2. The molecule has 11 heteroatoms. The number of hydrogen-bond acceptors (Lipinski definition) is 8. The van der Waals surface area contributed by atoms with Crippen LogP contribution in [-0.2, 0) is 14.0 Å². The predicted octanol–water partition coefficient (Wildman–Crippen LogP) is 2.53. The quantitative estimate of drug-likeness (QED) is 0.554. The van der Waals surface area contributed by atoms with Gasteiger partial charge in [-0.25, -0.2) is 15.0 Å². The zero-order valence-electron chi connectivity index (χ0n) is 17.4. The number of benzene rings is 1. The van der Waals surface area contributed by atoms with E-state index in [1.165, 1.54) is 12.7 Å². The van der Waals surface area contributed by atoms with Gasteiger partial charge < -0.3 is 24.5 Å². The third-order valence-corrected chi connectivity index (χ3v) is 5.76. The minimum absolute atomic E-state index is 0.0595. The van der Waals surface area contributed by atoms with E-state index >= 15 is 0 Å². The normalized spacial score (nSPS) is 23.9.